The van der Waals surface area contributed by atoms with Crippen molar-refractivity contribution in [3.8, 4) is 0 Å². The maximum atomic E-state index is 6.01. The van der Waals surface area contributed by atoms with Gasteiger partial charge in [0.2, 0.25) is 0 Å². The highest BCUT2D eigenvalue weighted by Crippen LogP contribution is 2.24. The first-order chi connectivity index (χ1) is 9.11. The van der Waals surface area contributed by atoms with Gasteiger partial charge in [-0.25, -0.2) is 9.97 Å². The molecule has 2 heterocycles. The Morgan fingerprint density at radius 3 is 3.05 bits per heavy atom. The van der Waals surface area contributed by atoms with Crippen LogP contribution >= 0.6 is 11.6 Å². The summed E-state index contributed by atoms with van der Waals surface area (Å²) in [4.78, 5) is 8.57. The first-order valence-corrected chi connectivity index (χ1v) is 6.96. The molecule has 0 amide bonds. The van der Waals surface area contributed by atoms with Crippen LogP contribution in [0, 0.1) is 0 Å². The maximum absolute atomic E-state index is 6.01. The van der Waals surface area contributed by atoms with Gasteiger partial charge in [0, 0.05) is 19.3 Å². The molecule has 0 aliphatic carbocycles. The summed E-state index contributed by atoms with van der Waals surface area (Å²) < 4.78 is 10.8. The Morgan fingerprint density at radius 1 is 1.53 bits per heavy atom. The SMILES string of the molecule is CCOCc1nc(Cl)cc(NC2(C)CCCOC2)n1. The Balaban J connectivity index is 2.08. The molecule has 106 valence electrons. The van der Waals surface area contributed by atoms with Crippen LogP contribution in [0.2, 0.25) is 5.15 Å². The van der Waals surface area contributed by atoms with Gasteiger partial charge in [0.15, 0.2) is 5.82 Å². The summed E-state index contributed by atoms with van der Waals surface area (Å²) in [6.07, 6.45) is 2.10. The molecular weight excluding hydrogens is 266 g/mol. The van der Waals surface area contributed by atoms with Gasteiger partial charge >= 0.3 is 0 Å². The van der Waals surface area contributed by atoms with Crippen LogP contribution in [0.25, 0.3) is 0 Å². The molecule has 0 aromatic carbocycles. The summed E-state index contributed by atoms with van der Waals surface area (Å²) in [6, 6.07) is 1.73. The number of aromatic nitrogens is 2. The first kappa shape index (κ1) is 14.5. The third-order valence-electron chi connectivity index (χ3n) is 3.04. The van der Waals surface area contributed by atoms with E-state index in [-0.39, 0.29) is 5.54 Å². The molecular formula is C13H20ClN3O2. The zero-order valence-electron chi connectivity index (χ0n) is 11.4. The molecule has 1 aromatic heterocycles. The van der Waals surface area contributed by atoms with Crippen molar-refractivity contribution >= 4 is 17.4 Å². The van der Waals surface area contributed by atoms with Crippen molar-refractivity contribution < 1.29 is 9.47 Å². The quantitative estimate of drug-likeness (QED) is 0.843. The van der Waals surface area contributed by atoms with Gasteiger partial charge in [0.05, 0.1) is 12.1 Å². The minimum Gasteiger partial charge on any atom is -0.379 e. The fraction of sp³-hybridized carbons (Fsp3) is 0.692. The lowest BCUT2D eigenvalue weighted by molar-refractivity contribution is 0.0538. The molecule has 0 saturated carbocycles. The van der Waals surface area contributed by atoms with Crippen LogP contribution in [0.4, 0.5) is 5.82 Å². The lowest BCUT2D eigenvalue weighted by Crippen LogP contribution is -2.43. The highest BCUT2D eigenvalue weighted by atomic mass is 35.5. The van der Waals surface area contributed by atoms with Crippen molar-refractivity contribution in [2.75, 3.05) is 25.1 Å². The minimum atomic E-state index is -0.0984. The Labute approximate surface area is 118 Å². The topological polar surface area (TPSA) is 56.3 Å². The van der Waals surface area contributed by atoms with Gasteiger partial charge in [0.1, 0.15) is 17.6 Å². The number of rotatable bonds is 5. The van der Waals surface area contributed by atoms with Gasteiger partial charge in [-0.05, 0) is 26.7 Å². The largest absolute Gasteiger partial charge is 0.379 e. The van der Waals surface area contributed by atoms with E-state index in [9.17, 15) is 0 Å². The second-order valence-corrected chi connectivity index (χ2v) is 5.36. The summed E-state index contributed by atoms with van der Waals surface area (Å²) >= 11 is 6.01. The number of nitrogens with one attached hydrogen (secondary N) is 1. The van der Waals surface area contributed by atoms with E-state index in [2.05, 4.69) is 22.2 Å². The first-order valence-electron chi connectivity index (χ1n) is 6.58. The second kappa shape index (κ2) is 6.50. The Morgan fingerprint density at radius 2 is 2.37 bits per heavy atom. The number of hydrogen-bond acceptors (Lipinski definition) is 5. The van der Waals surface area contributed by atoms with Crippen LogP contribution in [-0.2, 0) is 16.1 Å². The van der Waals surface area contributed by atoms with E-state index < -0.39 is 0 Å². The summed E-state index contributed by atoms with van der Waals surface area (Å²) in [5.74, 6) is 1.32. The van der Waals surface area contributed by atoms with Crippen molar-refractivity contribution in [1.82, 2.24) is 9.97 Å². The average Bonchev–Trinajstić information content (AvgIpc) is 2.36. The molecule has 0 bridgehead atoms. The molecule has 1 fully saturated rings. The zero-order valence-corrected chi connectivity index (χ0v) is 12.2. The Hall–Kier alpha value is -0.910. The summed E-state index contributed by atoms with van der Waals surface area (Å²) in [5.41, 5.74) is -0.0984. The van der Waals surface area contributed by atoms with E-state index in [1.165, 1.54) is 0 Å². The van der Waals surface area contributed by atoms with E-state index >= 15 is 0 Å². The molecule has 5 nitrogen and oxygen atoms in total. The fourth-order valence-electron chi connectivity index (χ4n) is 2.13. The van der Waals surface area contributed by atoms with Gasteiger partial charge < -0.3 is 14.8 Å². The molecule has 0 radical (unpaired) electrons. The number of hydrogen-bond donors (Lipinski definition) is 1. The van der Waals surface area contributed by atoms with Crippen molar-refractivity contribution in [3.05, 3.63) is 17.0 Å². The summed E-state index contributed by atoms with van der Waals surface area (Å²) in [6.45, 7) is 6.57. The van der Waals surface area contributed by atoms with Crippen LogP contribution in [0.5, 0.6) is 0 Å². The third kappa shape index (κ3) is 4.30. The van der Waals surface area contributed by atoms with Gasteiger partial charge in [-0.15, -0.1) is 0 Å². The van der Waals surface area contributed by atoms with Gasteiger partial charge in [-0.3, -0.25) is 0 Å². The van der Waals surface area contributed by atoms with E-state index in [0.29, 0.717) is 30.8 Å². The molecule has 1 aliphatic heterocycles. The van der Waals surface area contributed by atoms with E-state index in [1.54, 1.807) is 6.07 Å². The molecule has 19 heavy (non-hydrogen) atoms. The van der Waals surface area contributed by atoms with Crippen molar-refractivity contribution in [2.24, 2.45) is 0 Å². The Bertz CT molecular complexity index is 422. The molecule has 6 heteroatoms. The van der Waals surface area contributed by atoms with Gasteiger partial charge in [-0.2, -0.15) is 0 Å². The van der Waals surface area contributed by atoms with Crippen molar-refractivity contribution in [2.45, 2.75) is 38.8 Å². The predicted octanol–water partition coefficient (Wildman–Crippen LogP) is 2.65. The van der Waals surface area contributed by atoms with Gasteiger partial charge in [0.25, 0.3) is 0 Å². The predicted molar refractivity (Wildman–Crippen MR) is 74.5 cm³/mol. The third-order valence-corrected chi connectivity index (χ3v) is 3.24. The molecule has 1 unspecified atom stereocenters. The highest BCUT2D eigenvalue weighted by Gasteiger charge is 2.27. The van der Waals surface area contributed by atoms with Crippen LogP contribution in [0.1, 0.15) is 32.5 Å². The van der Waals surface area contributed by atoms with Crippen LogP contribution in [0.15, 0.2) is 6.07 Å². The summed E-state index contributed by atoms with van der Waals surface area (Å²) in [5, 5.41) is 3.82. The number of halogens is 1. The standard InChI is InChI=1S/C13H20ClN3O2/c1-3-18-8-12-15-10(14)7-11(16-12)17-13(2)5-4-6-19-9-13/h7H,3-6,8-9H2,1-2H3,(H,15,16,17). The number of ether oxygens (including phenoxy) is 2. The Kier molecular flexibility index (Phi) is 4.96. The average molecular weight is 286 g/mol. The normalized spacial score (nSPS) is 23.3. The van der Waals surface area contributed by atoms with Crippen molar-refractivity contribution in [1.29, 1.82) is 0 Å². The van der Waals surface area contributed by atoms with Crippen LogP contribution in [0.3, 0.4) is 0 Å². The lowest BCUT2D eigenvalue weighted by atomic mass is 9.95. The molecule has 1 N–H and O–H groups in total. The number of nitrogens with zero attached hydrogens (tertiary/aromatic N) is 2. The van der Waals surface area contributed by atoms with Crippen LogP contribution < -0.4 is 5.32 Å². The summed E-state index contributed by atoms with van der Waals surface area (Å²) in [7, 11) is 0. The van der Waals surface area contributed by atoms with E-state index in [1.807, 2.05) is 6.92 Å². The van der Waals surface area contributed by atoms with E-state index in [4.69, 9.17) is 21.1 Å². The second-order valence-electron chi connectivity index (χ2n) is 4.97. The zero-order chi connectivity index (χ0) is 13.7. The number of anilines is 1. The van der Waals surface area contributed by atoms with Crippen LogP contribution in [-0.4, -0.2) is 35.3 Å². The molecule has 1 aromatic rings. The molecule has 2 rings (SSSR count). The molecule has 1 atom stereocenters. The lowest BCUT2D eigenvalue weighted by Gasteiger charge is -2.34. The smallest absolute Gasteiger partial charge is 0.158 e. The van der Waals surface area contributed by atoms with Crippen molar-refractivity contribution in [3.63, 3.8) is 0 Å². The van der Waals surface area contributed by atoms with E-state index in [0.717, 1.165) is 25.3 Å². The minimum absolute atomic E-state index is 0.0984. The molecule has 1 aliphatic rings. The highest BCUT2D eigenvalue weighted by molar-refractivity contribution is 6.29. The van der Waals surface area contributed by atoms with Gasteiger partial charge in [-0.1, -0.05) is 11.6 Å². The monoisotopic (exact) mass is 285 g/mol. The fourth-order valence-corrected chi connectivity index (χ4v) is 2.33. The maximum Gasteiger partial charge on any atom is 0.158 e. The molecule has 0 spiro atoms. The molecule has 1 saturated heterocycles.